The van der Waals surface area contributed by atoms with Gasteiger partial charge in [-0.15, -0.1) is 0 Å². The Balaban J connectivity index is 0. The van der Waals surface area contributed by atoms with Gasteiger partial charge in [-0.1, -0.05) is 0 Å². The third-order valence-corrected chi connectivity index (χ3v) is 0. The molecule has 40 valence electrons. The van der Waals surface area contributed by atoms with Gasteiger partial charge in [0, 0.05) is 21.7 Å². The molecule has 0 spiro atoms. The third-order valence-electron chi connectivity index (χ3n) is 0. The summed E-state index contributed by atoms with van der Waals surface area (Å²) >= 11 is 0. The fourth-order valence-electron chi connectivity index (χ4n) is 0. The van der Waals surface area contributed by atoms with Crippen molar-refractivity contribution in [2.45, 2.75) is 0 Å². The molecule has 0 aliphatic heterocycles. The molecule has 0 heterocycles. The van der Waals surface area contributed by atoms with E-state index < -0.39 is 0 Å². The van der Waals surface area contributed by atoms with Crippen LogP contribution < -0.4 is 70.2 Å². The van der Waals surface area contributed by atoms with Crippen LogP contribution in [-0.4, -0.2) is 21.9 Å². The molecule has 0 fully saturated rings. The quantitative estimate of drug-likeness (QED) is 0.318. The zero-order valence-corrected chi connectivity index (χ0v) is 9.18. The molecule has 0 rings (SSSR count). The van der Waals surface area contributed by atoms with Crippen LogP contribution in [0.25, 0.3) is 0 Å². The van der Waals surface area contributed by atoms with Crippen LogP contribution in [0.3, 0.4) is 0 Å². The Hall–Kier alpha value is 2.79. The van der Waals surface area contributed by atoms with Crippen LogP contribution >= 0.6 is 0 Å². The topological polar surface area (TPSA) is 126 Å². The first-order valence-electron chi connectivity index (χ1n) is 0. The zero-order valence-electron chi connectivity index (χ0n) is 6.50. The monoisotopic (exact) mass is 168 g/mol. The molecule has 0 aliphatic carbocycles. The van der Waals surface area contributed by atoms with E-state index in [1.165, 1.54) is 0 Å². The zero-order chi connectivity index (χ0) is 0. The minimum Gasteiger partial charge on any atom is -1.00 e. The number of hydrogen-bond acceptors (Lipinski definition) is 0. The molecule has 0 amide bonds. The summed E-state index contributed by atoms with van der Waals surface area (Å²) in [6, 6.07) is 0. The van der Waals surface area contributed by atoms with Gasteiger partial charge in [-0.05, 0) is 0 Å². The van der Waals surface area contributed by atoms with Gasteiger partial charge in [0.15, 0.2) is 0 Å². The van der Waals surface area contributed by atoms with Gasteiger partial charge in [0.2, 0.25) is 0 Å². The maximum Gasteiger partial charge on any atom is 1.00 e. The second-order valence-corrected chi connectivity index (χ2v) is 0. The van der Waals surface area contributed by atoms with Gasteiger partial charge in [0.05, 0.1) is 0 Å². The summed E-state index contributed by atoms with van der Waals surface area (Å²) in [6.07, 6.45) is 0. The van der Waals surface area contributed by atoms with Crippen LogP contribution in [0.15, 0.2) is 0 Å². The van der Waals surface area contributed by atoms with Crippen LogP contribution in [0.1, 0.15) is 2.85 Å². The molecule has 0 saturated heterocycles. The fourth-order valence-corrected chi connectivity index (χ4v) is 0. The summed E-state index contributed by atoms with van der Waals surface area (Å²) in [5.41, 5.74) is 0. The predicted octanol–water partition coefficient (Wildman–Crippen LogP) is -9.07. The first kappa shape index (κ1) is 97.2. The Kier molecular flexibility index (Phi) is 953. The Morgan fingerprint density at radius 2 is 0.714 bits per heavy atom. The molecule has 0 aliphatic rings. The average molecular weight is 168 g/mol. The van der Waals surface area contributed by atoms with E-state index in [0.717, 1.165) is 0 Å². The minimum absolute atomic E-state index is 0. The van der Waals surface area contributed by atoms with Crippen molar-refractivity contribution in [1.29, 1.82) is 0 Å². The van der Waals surface area contributed by atoms with Crippen molar-refractivity contribution in [3.63, 3.8) is 0 Å². The average Bonchev–Trinajstić information content (AvgIpc) is 0. The van der Waals surface area contributed by atoms with Gasteiger partial charge < -0.3 is 24.8 Å². The van der Waals surface area contributed by atoms with Crippen LogP contribution in [0.4, 0.5) is 0 Å². The molecule has 0 saturated carbocycles. The van der Waals surface area contributed by atoms with Gasteiger partial charge >= 0.3 is 70.2 Å². The molecule has 0 aromatic carbocycles. The number of hydrogen-bond donors (Lipinski definition) is 0. The van der Waals surface area contributed by atoms with E-state index >= 15 is 0 Å². The second kappa shape index (κ2) is 68.6. The van der Waals surface area contributed by atoms with E-state index in [1.54, 1.807) is 0 Å². The van der Waals surface area contributed by atoms with Crippen molar-refractivity contribution < 1.29 is 117 Å². The summed E-state index contributed by atoms with van der Waals surface area (Å²) in [4.78, 5) is 0. The van der Waals surface area contributed by atoms with E-state index in [0.29, 0.717) is 0 Å². The summed E-state index contributed by atoms with van der Waals surface area (Å²) in [6.45, 7) is 0. The molecule has 0 aromatic heterocycles. The molecule has 0 radical (unpaired) electrons. The van der Waals surface area contributed by atoms with Crippen molar-refractivity contribution in [1.82, 2.24) is 0 Å². The summed E-state index contributed by atoms with van der Waals surface area (Å²) in [5.74, 6) is 0. The standard InChI is InChI=1S/K.Li.4H2O.Ti.2H/h;;4*1H2;;;/q2*+1;;;;;;2*-1. The van der Waals surface area contributed by atoms with Crippen molar-refractivity contribution in [3.8, 4) is 0 Å². The molecule has 0 unspecified atom stereocenters. The molecule has 0 atom stereocenters. The summed E-state index contributed by atoms with van der Waals surface area (Å²) in [5, 5.41) is 0. The van der Waals surface area contributed by atoms with Gasteiger partial charge in [-0.3, -0.25) is 0 Å². The van der Waals surface area contributed by atoms with Crippen molar-refractivity contribution in [3.05, 3.63) is 0 Å². The first-order valence-corrected chi connectivity index (χ1v) is 0. The smallest absolute Gasteiger partial charge is 1.00 e. The summed E-state index contributed by atoms with van der Waals surface area (Å²) < 4.78 is 0. The number of rotatable bonds is 0. The van der Waals surface area contributed by atoms with E-state index in [1.807, 2.05) is 0 Å². The summed E-state index contributed by atoms with van der Waals surface area (Å²) in [7, 11) is 0. The molecular weight excluding hydrogens is 158 g/mol. The van der Waals surface area contributed by atoms with Gasteiger partial charge in [-0.2, -0.15) is 0 Å². The Bertz CT molecular complexity index is 18.5. The largest absolute Gasteiger partial charge is 1.00 e. The van der Waals surface area contributed by atoms with Gasteiger partial charge in [0.25, 0.3) is 0 Å². The van der Waals surface area contributed by atoms with Crippen LogP contribution in [0, 0.1) is 0 Å². The van der Waals surface area contributed by atoms with Crippen molar-refractivity contribution in [2.24, 2.45) is 0 Å². The molecule has 7 heavy (non-hydrogen) atoms. The van der Waals surface area contributed by atoms with Gasteiger partial charge in [-0.25, -0.2) is 0 Å². The minimum atomic E-state index is 0. The molecular formula is H10KLiO4Ti. The van der Waals surface area contributed by atoms with Crippen molar-refractivity contribution in [2.75, 3.05) is 0 Å². The van der Waals surface area contributed by atoms with Crippen LogP contribution in [0.5, 0.6) is 0 Å². The van der Waals surface area contributed by atoms with E-state index in [-0.39, 0.29) is 117 Å². The van der Waals surface area contributed by atoms with E-state index in [9.17, 15) is 0 Å². The first-order chi connectivity index (χ1) is 0. The SMILES string of the molecule is O.O.O.O.[H-].[H-].[K+].[Li+].[Ti]. The predicted molar refractivity (Wildman–Crippen MR) is 16.7 cm³/mol. The van der Waals surface area contributed by atoms with Crippen LogP contribution in [-0.2, 0) is 21.7 Å². The maximum atomic E-state index is 0. The normalized spacial score (nSPS) is 0. The second-order valence-electron chi connectivity index (χ2n) is 0. The Labute approximate surface area is 114 Å². The maximum absolute atomic E-state index is 0. The molecule has 7 heteroatoms. The molecule has 0 aromatic rings. The van der Waals surface area contributed by atoms with E-state index in [4.69, 9.17) is 0 Å². The molecule has 0 bridgehead atoms. The molecule has 8 N–H and O–H groups in total. The Morgan fingerprint density at radius 1 is 0.714 bits per heavy atom. The molecule has 4 nitrogen and oxygen atoms in total. The van der Waals surface area contributed by atoms with Gasteiger partial charge in [0.1, 0.15) is 0 Å². The van der Waals surface area contributed by atoms with Crippen LogP contribution in [0.2, 0.25) is 0 Å². The fraction of sp³-hybridized carbons (Fsp3) is 0. The Morgan fingerprint density at radius 3 is 0.714 bits per heavy atom. The van der Waals surface area contributed by atoms with E-state index in [2.05, 4.69) is 0 Å². The van der Waals surface area contributed by atoms with Crippen molar-refractivity contribution >= 4 is 0 Å². The third kappa shape index (κ3) is 52.1.